The Kier molecular flexibility index (Phi) is 6.41. The van der Waals surface area contributed by atoms with Crippen LogP contribution < -0.4 is 5.32 Å². The van der Waals surface area contributed by atoms with Crippen molar-refractivity contribution in [1.29, 1.82) is 0 Å². The number of carbonyl (C=O) groups is 1. The topological polar surface area (TPSA) is 65.5 Å². The van der Waals surface area contributed by atoms with E-state index in [2.05, 4.69) is 45.5 Å². The Morgan fingerprint density at radius 2 is 2.00 bits per heavy atom. The van der Waals surface area contributed by atoms with Crippen LogP contribution >= 0.6 is 0 Å². The molecule has 2 aromatic carbocycles. The molecular formula is C25H29N3O2. The van der Waals surface area contributed by atoms with Gasteiger partial charge in [0.15, 0.2) is 0 Å². The number of nitrogens with one attached hydrogen (secondary N) is 1. The summed E-state index contributed by atoms with van der Waals surface area (Å²) in [7, 11) is 0. The number of aryl methyl sites for hydroxylation is 1. The van der Waals surface area contributed by atoms with E-state index < -0.39 is 6.10 Å². The van der Waals surface area contributed by atoms with Crippen molar-refractivity contribution < 1.29 is 9.90 Å². The first-order valence-corrected chi connectivity index (χ1v) is 10.7. The smallest absolute Gasteiger partial charge is 0.229 e. The van der Waals surface area contributed by atoms with Crippen molar-refractivity contribution >= 4 is 22.5 Å². The molecule has 0 saturated carbocycles. The zero-order valence-electron chi connectivity index (χ0n) is 17.4. The minimum atomic E-state index is -0.452. The summed E-state index contributed by atoms with van der Waals surface area (Å²) in [5.74, 6) is 0.546. The molecule has 1 saturated heterocycles. The van der Waals surface area contributed by atoms with Gasteiger partial charge in [0.05, 0.1) is 12.0 Å². The molecule has 2 heterocycles. The van der Waals surface area contributed by atoms with Crippen LogP contribution in [0.15, 0.2) is 60.7 Å². The van der Waals surface area contributed by atoms with Gasteiger partial charge in [-0.25, -0.2) is 4.98 Å². The van der Waals surface area contributed by atoms with Gasteiger partial charge in [0, 0.05) is 18.8 Å². The van der Waals surface area contributed by atoms with Gasteiger partial charge < -0.3 is 10.4 Å². The molecule has 1 amide bonds. The third-order valence-corrected chi connectivity index (χ3v) is 5.77. The number of hydrogen-bond acceptors (Lipinski definition) is 4. The lowest BCUT2D eigenvalue weighted by Gasteiger charge is -2.33. The summed E-state index contributed by atoms with van der Waals surface area (Å²) < 4.78 is 0. The molecule has 2 N–H and O–H groups in total. The van der Waals surface area contributed by atoms with Crippen LogP contribution in [0.2, 0.25) is 0 Å². The van der Waals surface area contributed by atoms with Crippen molar-refractivity contribution in [2.24, 2.45) is 5.92 Å². The van der Waals surface area contributed by atoms with Crippen LogP contribution in [0.5, 0.6) is 0 Å². The summed E-state index contributed by atoms with van der Waals surface area (Å²) in [5.41, 5.74) is 2.02. The minimum Gasteiger partial charge on any atom is -0.391 e. The third-order valence-electron chi connectivity index (χ3n) is 5.77. The molecule has 0 bridgehead atoms. The molecule has 0 radical (unpaired) electrons. The summed E-state index contributed by atoms with van der Waals surface area (Å²) in [5, 5.41) is 16.0. The van der Waals surface area contributed by atoms with Gasteiger partial charge in [0.2, 0.25) is 5.91 Å². The van der Waals surface area contributed by atoms with Crippen molar-refractivity contribution in [2.45, 2.75) is 32.3 Å². The Hall–Kier alpha value is -2.76. The van der Waals surface area contributed by atoms with Crippen molar-refractivity contribution in [3.8, 4) is 0 Å². The average molecular weight is 404 g/mol. The molecule has 5 heteroatoms. The number of likely N-dealkylation sites (tertiary alicyclic amines) is 1. The van der Waals surface area contributed by atoms with E-state index in [-0.39, 0.29) is 11.8 Å². The highest BCUT2D eigenvalue weighted by molar-refractivity contribution is 5.91. The molecule has 156 valence electrons. The number of amides is 1. The number of benzene rings is 2. The number of hydrogen-bond donors (Lipinski definition) is 2. The van der Waals surface area contributed by atoms with Gasteiger partial charge in [0.1, 0.15) is 5.82 Å². The van der Waals surface area contributed by atoms with Gasteiger partial charge in [-0.15, -0.1) is 0 Å². The van der Waals surface area contributed by atoms with E-state index in [1.807, 2.05) is 37.3 Å². The van der Waals surface area contributed by atoms with Gasteiger partial charge in [0.25, 0.3) is 0 Å². The van der Waals surface area contributed by atoms with E-state index in [1.54, 1.807) is 0 Å². The summed E-state index contributed by atoms with van der Waals surface area (Å²) in [6.45, 7) is 4.09. The quantitative estimate of drug-likeness (QED) is 0.657. The van der Waals surface area contributed by atoms with Crippen LogP contribution in [0, 0.1) is 12.8 Å². The minimum absolute atomic E-state index is 0.0156. The van der Waals surface area contributed by atoms with Gasteiger partial charge in [-0.05, 0) is 61.2 Å². The Morgan fingerprint density at radius 1 is 1.17 bits per heavy atom. The number of aromatic nitrogens is 1. The van der Waals surface area contributed by atoms with Crippen molar-refractivity contribution in [3.63, 3.8) is 0 Å². The fourth-order valence-electron chi connectivity index (χ4n) is 4.28. The number of fused-ring (bicyclic) bond motifs is 1. The van der Waals surface area contributed by atoms with Gasteiger partial charge >= 0.3 is 0 Å². The zero-order chi connectivity index (χ0) is 20.9. The second-order valence-corrected chi connectivity index (χ2v) is 8.29. The number of pyridine rings is 1. The van der Waals surface area contributed by atoms with Crippen molar-refractivity contribution in [3.05, 3.63) is 71.9 Å². The predicted octanol–water partition coefficient (Wildman–Crippen LogP) is 3.80. The molecule has 1 fully saturated rings. The van der Waals surface area contributed by atoms with Gasteiger partial charge in [-0.1, -0.05) is 48.5 Å². The highest BCUT2D eigenvalue weighted by atomic mass is 16.3. The highest BCUT2D eigenvalue weighted by Gasteiger charge is 2.27. The van der Waals surface area contributed by atoms with Crippen LogP contribution in [0.4, 0.5) is 5.82 Å². The first-order chi connectivity index (χ1) is 14.6. The fourth-order valence-corrected chi connectivity index (χ4v) is 4.28. The molecule has 1 aliphatic heterocycles. The van der Waals surface area contributed by atoms with E-state index in [4.69, 9.17) is 0 Å². The molecule has 0 spiro atoms. The summed E-state index contributed by atoms with van der Waals surface area (Å²) in [4.78, 5) is 19.3. The van der Waals surface area contributed by atoms with Crippen LogP contribution in [-0.4, -0.2) is 46.6 Å². The maximum Gasteiger partial charge on any atom is 0.229 e. The second-order valence-electron chi connectivity index (χ2n) is 8.29. The average Bonchev–Trinajstić information content (AvgIpc) is 2.74. The lowest BCUT2D eigenvalue weighted by atomic mass is 9.96. The predicted molar refractivity (Wildman–Crippen MR) is 120 cm³/mol. The second kappa shape index (κ2) is 9.37. The molecule has 30 heavy (non-hydrogen) atoms. The number of nitrogens with zero attached hydrogens (tertiary/aromatic N) is 2. The van der Waals surface area contributed by atoms with Crippen LogP contribution in [0.3, 0.4) is 0 Å². The fraction of sp³-hybridized carbons (Fsp3) is 0.360. The highest BCUT2D eigenvalue weighted by Crippen LogP contribution is 2.20. The van der Waals surface area contributed by atoms with Crippen LogP contribution in [0.1, 0.15) is 24.1 Å². The summed E-state index contributed by atoms with van der Waals surface area (Å²) in [6, 6.07) is 20.2. The molecule has 5 nitrogen and oxygen atoms in total. The largest absolute Gasteiger partial charge is 0.391 e. The monoisotopic (exact) mass is 403 g/mol. The van der Waals surface area contributed by atoms with E-state index in [0.29, 0.717) is 25.3 Å². The molecule has 0 aliphatic carbocycles. The number of anilines is 1. The first kappa shape index (κ1) is 20.5. The molecular weight excluding hydrogens is 374 g/mol. The maximum atomic E-state index is 12.7. The van der Waals surface area contributed by atoms with Crippen LogP contribution in [-0.2, 0) is 11.2 Å². The molecule has 1 aliphatic rings. The Bertz CT molecular complexity index is 1020. The number of aliphatic hydroxyl groups is 1. The maximum absolute atomic E-state index is 12.7. The Morgan fingerprint density at radius 3 is 2.83 bits per heavy atom. The third kappa shape index (κ3) is 5.23. The van der Waals surface area contributed by atoms with Gasteiger partial charge in [-0.2, -0.15) is 0 Å². The van der Waals surface area contributed by atoms with E-state index in [9.17, 15) is 9.90 Å². The summed E-state index contributed by atoms with van der Waals surface area (Å²) in [6.07, 6.45) is 1.99. The van der Waals surface area contributed by atoms with Gasteiger partial charge in [-0.3, -0.25) is 9.69 Å². The molecule has 2 atom stereocenters. The normalized spacial score (nSPS) is 18.3. The van der Waals surface area contributed by atoms with Crippen molar-refractivity contribution in [1.82, 2.24) is 9.88 Å². The molecule has 0 unspecified atom stereocenters. The van der Waals surface area contributed by atoms with E-state index >= 15 is 0 Å². The number of piperidine rings is 1. The van der Waals surface area contributed by atoms with E-state index in [0.717, 1.165) is 30.6 Å². The lowest BCUT2D eigenvalue weighted by Crippen LogP contribution is -2.44. The van der Waals surface area contributed by atoms with Crippen molar-refractivity contribution in [2.75, 3.05) is 25.0 Å². The Labute approximate surface area is 177 Å². The SMILES string of the molecule is Cc1cccc(NC(=O)[C@@H]2CCCN(C[C@@H](O)Cc3ccc4ccccc4c3)C2)n1. The standard InChI is InChI=1S/C25H29N3O2/c1-18-6-4-10-24(26-18)27-25(30)22-9-5-13-28(16-22)17-23(29)15-19-11-12-20-7-2-3-8-21(20)14-19/h2-4,6-8,10-12,14,22-23,29H,5,9,13,15-17H2,1H3,(H,26,27,30)/t22-,23+/m1/s1. The molecule has 3 aromatic rings. The van der Waals surface area contributed by atoms with E-state index in [1.165, 1.54) is 10.8 Å². The zero-order valence-corrected chi connectivity index (χ0v) is 17.4. The number of aliphatic hydroxyl groups excluding tert-OH is 1. The lowest BCUT2D eigenvalue weighted by molar-refractivity contribution is -0.121. The molecule has 1 aromatic heterocycles. The Balaban J connectivity index is 1.32. The summed E-state index contributed by atoms with van der Waals surface area (Å²) >= 11 is 0. The number of β-amino-alcohol motifs (C(OH)–C–C–N with tert-alkyl or cyclic N) is 1. The van der Waals surface area contributed by atoms with Crippen LogP contribution in [0.25, 0.3) is 10.8 Å². The first-order valence-electron chi connectivity index (χ1n) is 10.7. The number of carbonyl (C=O) groups excluding carboxylic acids is 1. The number of rotatable bonds is 6. The molecule has 4 rings (SSSR count).